The van der Waals surface area contributed by atoms with Gasteiger partial charge < -0.3 is 4.84 Å². The quantitative estimate of drug-likeness (QED) is 0.530. The van der Waals surface area contributed by atoms with Gasteiger partial charge >= 0.3 is 0 Å². The third-order valence-corrected chi connectivity index (χ3v) is 4.59. The van der Waals surface area contributed by atoms with Crippen LogP contribution in [0.3, 0.4) is 0 Å². The molecule has 0 aromatic heterocycles. The molecular weight excluding hydrogens is 282 g/mol. The highest BCUT2D eigenvalue weighted by Crippen LogP contribution is 2.33. The molecule has 1 saturated carbocycles. The third-order valence-electron chi connectivity index (χ3n) is 4.59. The zero-order valence-electron chi connectivity index (χ0n) is 13.8. The Hall–Kier alpha value is -2.09. The molecule has 0 aliphatic heterocycles. The summed E-state index contributed by atoms with van der Waals surface area (Å²) in [6, 6.07) is 16.8. The van der Waals surface area contributed by atoms with Crippen molar-refractivity contribution in [2.24, 2.45) is 5.16 Å². The molecule has 2 nitrogen and oxygen atoms in total. The summed E-state index contributed by atoms with van der Waals surface area (Å²) >= 11 is 0. The van der Waals surface area contributed by atoms with Crippen LogP contribution in [0.1, 0.15) is 60.3 Å². The van der Waals surface area contributed by atoms with Gasteiger partial charge in [-0.2, -0.15) is 0 Å². The molecule has 1 fully saturated rings. The van der Waals surface area contributed by atoms with Crippen LogP contribution in [0.4, 0.5) is 0 Å². The Balaban J connectivity index is 1.61. The fourth-order valence-corrected chi connectivity index (χ4v) is 3.24. The van der Waals surface area contributed by atoms with E-state index in [-0.39, 0.29) is 0 Å². The van der Waals surface area contributed by atoms with Crippen molar-refractivity contribution >= 4 is 6.21 Å². The highest BCUT2D eigenvalue weighted by molar-refractivity contribution is 5.81. The maximum absolute atomic E-state index is 5.42. The number of rotatable bonds is 5. The molecule has 2 aromatic carbocycles. The van der Waals surface area contributed by atoms with E-state index in [2.05, 4.69) is 60.8 Å². The summed E-state index contributed by atoms with van der Waals surface area (Å²) in [5, 5.41) is 4.06. The highest BCUT2D eigenvalue weighted by Gasteiger charge is 2.17. The first-order valence-corrected chi connectivity index (χ1v) is 8.55. The number of hydrogen-bond donors (Lipinski definition) is 0. The maximum atomic E-state index is 5.42. The molecule has 23 heavy (non-hydrogen) atoms. The molecule has 0 N–H and O–H groups in total. The van der Waals surface area contributed by atoms with Crippen molar-refractivity contribution in [2.45, 2.75) is 51.6 Å². The molecular formula is C21H24NO. The van der Waals surface area contributed by atoms with Crippen molar-refractivity contribution < 1.29 is 4.84 Å². The van der Waals surface area contributed by atoms with Crippen molar-refractivity contribution in [3.8, 4) is 0 Å². The average Bonchev–Trinajstić information content (AvgIpc) is 2.61. The van der Waals surface area contributed by atoms with Crippen molar-refractivity contribution in [2.75, 3.05) is 0 Å². The molecule has 3 rings (SSSR count). The van der Waals surface area contributed by atoms with Crippen LogP contribution in [-0.4, -0.2) is 6.21 Å². The second-order valence-corrected chi connectivity index (χ2v) is 6.38. The fraction of sp³-hybridized carbons (Fsp3) is 0.381. The molecule has 0 unspecified atom stereocenters. The summed E-state index contributed by atoms with van der Waals surface area (Å²) < 4.78 is 0. The van der Waals surface area contributed by atoms with Crippen LogP contribution in [0.15, 0.2) is 53.7 Å². The van der Waals surface area contributed by atoms with Crippen molar-refractivity contribution in [3.63, 3.8) is 0 Å². The molecule has 1 radical (unpaired) electrons. The van der Waals surface area contributed by atoms with E-state index in [0.717, 1.165) is 11.1 Å². The number of nitrogens with zero attached hydrogens (tertiary/aromatic N) is 1. The van der Waals surface area contributed by atoms with Gasteiger partial charge in [0.05, 0.1) is 0 Å². The van der Waals surface area contributed by atoms with E-state index in [1.165, 1.54) is 43.2 Å². The predicted molar refractivity (Wildman–Crippen MR) is 94.8 cm³/mol. The second-order valence-electron chi connectivity index (χ2n) is 6.38. The SMILES string of the molecule is Cc1ccc(CO/N=[C]\c2ccccc2C2CCCCC2)cc1. The Morgan fingerprint density at radius 3 is 2.52 bits per heavy atom. The van der Waals surface area contributed by atoms with Gasteiger partial charge in [-0.05, 0) is 36.8 Å². The van der Waals surface area contributed by atoms with Gasteiger partial charge in [0.25, 0.3) is 0 Å². The maximum Gasteiger partial charge on any atom is 0.142 e. The third kappa shape index (κ3) is 4.44. The lowest BCUT2D eigenvalue weighted by Crippen LogP contribution is -2.07. The largest absolute Gasteiger partial charge is 0.390 e. The van der Waals surface area contributed by atoms with E-state index in [1.54, 1.807) is 0 Å². The zero-order valence-corrected chi connectivity index (χ0v) is 13.8. The van der Waals surface area contributed by atoms with Gasteiger partial charge in [-0.15, -0.1) is 0 Å². The lowest BCUT2D eigenvalue weighted by Gasteiger charge is -2.23. The van der Waals surface area contributed by atoms with Crippen LogP contribution in [0.5, 0.6) is 0 Å². The predicted octanol–water partition coefficient (Wildman–Crippen LogP) is 5.47. The molecule has 0 spiro atoms. The summed E-state index contributed by atoms with van der Waals surface area (Å²) in [5.74, 6) is 0.653. The Kier molecular flexibility index (Phi) is 5.46. The zero-order chi connectivity index (χ0) is 15.9. The Bertz CT molecular complexity index is 639. The summed E-state index contributed by atoms with van der Waals surface area (Å²) in [6.45, 7) is 2.57. The Morgan fingerprint density at radius 1 is 1.00 bits per heavy atom. The van der Waals surface area contributed by atoms with Crippen molar-refractivity contribution in [1.29, 1.82) is 0 Å². The van der Waals surface area contributed by atoms with Gasteiger partial charge in [0.2, 0.25) is 0 Å². The van der Waals surface area contributed by atoms with Crippen LogP contribution in [-0.2, 0) is 11.4 Å². The van der Waals surface area contributed by atoms with E-state index in [4.69, 9.17) is 4.84 Å². The van der Waals surface area contributed by atoms with Crippen molar-refractivity contribution in [3.05, 3.63) is 70.8 Å². The molecule has 2 aromatic rings. The first-order chi connectivity index (χ1) is 11.3. The fourth-order valence-electron chi connectivity index (χ4n) is 3.24. The summed E-state index contributed by atoms with van der Waals surface area (Å²) in [5.41, 5.74) is 4.82. The summed E-state index contributed by atoms with van der Waals surface area (Å²) in [6.07, 6.45) is 9.69. The van der Waals surface area contributed by atoms with E-state index >= 15 is 0 Å². The van der Waals surface area contributed by atoms with Gasteiger partial charge in [-0.1, -0.05) is 78.5 Å². The topological polar surface area (TPSA) is 21.6 Å². The van der Waals surface area contributed by atoms with Crippen molar-refractivity contribution in [1.82, 2.24) is 0 Å². The average molecular weight is 306 g/mol. The standard InChI is InChI=1S/C21H24NO/c1-17-11-13-18(14-12-17)16-23-22-15-20-9-5-6-10-21(20)19-7-3-2-4-8-19/h5-6,9-14,19H,2-4,7-8,16H2,1H3. The molecule has 0 heterocycles. The lowest BCUT2D eigenvalue weighted by molar-refractivity contribution is 0.132. The molecule has 1 aliphatic carbocycles. The first kappa shape index (κ1) is 15.8. The Morgan fingerprint density at radius 2 is 1.74 bits per heavy atom. The van der Waals surface area contributed by atoms with Crippen LogP contribution >= 0.6 is 0 Å². The van der Waals surface area contributed by atoms with Crippen LogP contribution in [0, 0.1) is 6.92 Å². The second kappa shape index (κ2) is 7.96. The summed E-state index contributed by atoms with van der Waals surface area (Å²) in [4.78, 5) is 5.42. The molecule has 0 amide bonds. The molecule has 0 saturated heterocycles. The normalized spacial score (nSPS) is 15.9. The molecule has 119 valence electrons. The summed E-state index contributed by atoms with van der Waals surface area (Å²) in [7, 11) is 0. The molecule has 0 bridgehead atoms. The van der Waals surface area contributed by atoms with Gasteiger partial charge in [0.15, 0.2) is 0 Å². The molecule has 2 heteroatoms. The number of aryl methyl sites for hydroxylation is 1. The monoisotopic (exact) mass is 306 g/mol. The number of hydrogen-bond acceptors (Lipinski definition) is 2. The highest BCUT2D eigenvalue weighted by atomic mass is 16.6. The van der Waals surface area contributed by atoms with Crippen LogP contribution in [0.2, 0.25) is 0 Å². The minimum Gasteiger partial charge on any atom is -0.390 e. The van der Waals surface area contributed by atoms with E-state index in [9.17, 15) is 0 Å². The van der Waals surface area contributed by atoms with E-state index in [1.807, 2.05) is 6.07 Å². The molecule has 1 aliphatic rings. The first-order valence-electron chi connectivity index (χ1n) is 8.55. The smallest absolute Gasteiger partial charge is 0.142 e. The Labute approximate surface area is 139 Å². The van der Waals surface area contributed by atoms with Crippen LogP contribution in [0.25, 0.3) is 0 Å². The van der Waals surface area contributed by atoms with E-state index in [0.29, 0.717) is 12.5 Å². The molecule has 0 atom stereocenters. The van der Waals surface area contributed by atoms with Gasteiger partial charge in [-0.25, -0.2) is 0 Å². The minimum atomic E-state index is 0.485. The van der Waals surface area contributed by atoms with Gasteiger partial charge in [0, 0.05) is 5.56 Å². The van der Waals surface area contributed by atoms with Gasteiger partial charge in [-0.3, -0.25) is 0 Å². The minimum absolute atomic E-state index is 0.485. The lowest BCUT2D eigenvalue weighted by atomic mass is 9.82. The number of benzene rings is 2. The van der Waals surface area contributed by atoms with E-state index < -0.39 is 0 Å². The van der Waals surface area contributed by atoms with Crippen LogP contribution < -0.4 is 0 Å². The van der Waals surface area contributed by atoms with Gasteiger partial charge in [0.1, 0.15) is 12.8 Å².